The molecule has 0 aliphatic heterocycles. The summed E-state index contributed by atoms with van der Waals surface area (Å²) in [6.45, 7) is 5.56. The zero-order valence-corrected chi connectivity index (χ0v) is 5.30. The second kappa shape index (κ2) is 15.9. The van der Waals surface area contributed by atoms with E-state index in [9.17, 15) is 0 Å². The summed E-state index contributed by atoms with van der Waals surface area (Å²) in [5.74, 6) is 0. The summed E-state index contributed by atoms with van der Waals surface area (Å²) >= 11 is 0. The summed E-state index contributed by atoms with van der Waals surface area (Å²) in [4.78, 5) is 0. The fourth-order valence-electron chi connectivity index (χ4n) is 0. The molecule has 0 atom stereocenters. The minimum absolute atomic E-state index is 0.0833. The molecule has 0 aliphatic carbocycles. The molecule has 50 valence electrons. The molecular formula is C6H14O2. The van der Waals surface area contributed by atoms with E-state index in [0.29, 0.717) is 6.61 Å². The molecule has 0 aliphatic rings. The SMILES string of the molecule is C=CCO.CCCO. The molecule has 0 spiro atoms. The van der Waals surface area contributed by atoms with Crippen LogP contribution in [-0.4, -0.2) is 23.4 Å². The van der Waals surface area contributed by atoms with E-state index >= 15 is 0 Å². The van der Waals surface area contributed by atoms with E-state index in [-0.39, 0.29) is 6.61 Å². The van der Waals surface area contributed by atoms with Crippen molar-refractivity contribution in [2.24, 2.45) is 0 Å². The predicted octanol–water partition coefficient (Wildman–Crippen LogP) is 0.553. The van der Waals surface area contributed by atoms with Crippen molar-refractivity contribution in [2.75, 3.05) is 13.2 Å². The van der Waals surface area contributed by atoms with Gasteiger partial charge in [0.05, 0.1) is 6.61 Å². The Morgan fingerprint density at radius 3 is 1.75 bits per heavy atom. The summed E-state index contributed by atoms with van der Waals surface area (Å²) in [7, 11) is 0. The summed E-state index contributed by atoms with van der Waals surface area (Å²) in [5.41, 5.74) is 0. The molecule has 0 aromatic heterocycles. The van der Waals surface area contributed by atoms with Crippen molar-refractivity contribution in [2.45, 2.75) is 13.3 Å². The molecule has 2 nitrogen and oxygen atoms in total. The molecule has 0 heterocycles. The molecule has 0 saturated heterocycles. The van der Waals surface area contributed by atoms with Gasteiger partial charge in [-0.2, -0.15) is 0 Å². The van der Waals surface area contributed by atoms with Gasteiger partial charge in [0.2, 0.25) is 0 Å². The summed E-state index contributed by atoms with van der Waals surface area (Å²) < 4.78 is 0. The molecule has 0 unspecified atom stereocenters. The Morgan fingerprint density at radius 2 is 1.75 bits per heavy atom. The van der Waals surface area contributed by atoms with Gasteiger partial charge in [0.25, 0.3) is 0 Å². The van der Waals surface area contributed by atoms with Gasteiger partial charge >= 0.3 is 0 Å². The second-order valence-electron chi connectivity index (χ2n) is 1.19. The quantitative estimate of drug-likeness (QED) is 0.520. The molecule has 0 aromatic carbocycles. The molecule has 0 radical (unpaired) electrons. The monoisotopic (exact) mass is 118 g/mol. The highest BCUT2D eigenvalue weighted by molar-refractivity contribution is 4.60. The van der Waals surface area contributed by atoms with Crippen LogP contribution in [0.4, 0.5) is 0 Å². The van der Waals surface area contributed by atoms with Crippen LogP contribution >= 0.6 is 0 Å². The Labute approximate surface area is 50.5 Å². The standard InChI is InChI=1S/C3H8O.C3H6O/c2*1-2-3-4/h4H,2-3H2,1H3;2,4H,1,3H2. The lowest BCUT2D eigenvalue weighted by molar-refractivity contribution is 0.295. The van der Waals surface area contributed by atoms with E-state index in [0.717, 1.165) is 6.42 Å². The molecule has 2 heteroatoms. The minimum atomic E-state index is 0.0833. The highest BCUT2D eigenvalue weighted by Gasteiger charge is 1.57. The lowest BCUT2D eigenvalue weighted by Gasteiger charge is -1.69. The molecule has 0 amide bonds. The van der Waals surface area contributed by atoms with E-state index in [4.69, 9.17) is 10.2 Å². The van der Waals surface area contributed by atoms with E-state index < -0.39 is 0 Å². The number of hydrogen-bond acceptors (Lipinski definition) is 2. The van der Waals surface area contributed by atoms with Gasteiger partial charge in [0.15, 0.2) is 0 Å². The van der Waals surface area contributed by atoms with Crippen molar-refractivity contribution in [3.8, 4) is 0 Å². The summed E-state index contributed by atoms with van der Waals surface area (Å²) in [5, 5.41) is 15.6. The first-order valence-electron chi connectivity index (χ1n) is 2.66. The first-order chi connectivity index (χ1) is 3.83. The van der Waals surface area contributed by atoms with E-state index in [1.54, 1.807) is 0 Å². The van der Waals surface area contributed by atoms with Crippen LogP contribution in [0.25, 0.3) is 0 Å². The van der Waals surface area contributed by atoms with Crippen LogP contribution in [0, 0.1) is 0 Å². The first kappa shape index (κ1) is 10.6. The molecule has 0 fully saturated rings. The zero-order chi connectivity index (χ0) is 6.83. The molecular weight excluding hydrogens is 104 g/mol. The van der Waals surface area contributed by atoms with Crippen LogP contribution in [0.2, 0.25) is 0 Å². The number of aliphatic hydroxyl groups is 2. The highest BCUT2D eigenvalue weighted by atomic mass is 16.3. The third-order valence-corrected chi connectivity index (χ3v) is 0.353. The number of hydrogen-bond donors (Lipinski definition) is 2. The zero-order valence-electron chi connectivity index (χ0n) is 5.30. The molecule has 0 rings (SSSR count). The molecule has 2 N–H and O–H groups in total. The molecule has 0 aromatic rings. The van der Waals surface area contributed by atoms with Gasteiger partial charge in [0, 0.05) is 6.61 Å². The summed E-state index contributed by atoms with van der Waals surface area (Å²) in [6, 6.07) is 0. The Bertz CT molecular complexity index is 33.5. The number of aliphatic hydroxyl groups excluding tert-OH is 2. The average molecular weight is 118 g/mol. The Hall–Kier alpha value is -0.340. The van der Waals surface area contributed by atoms with Crippen LogP contribution in [0.5, 0.6) is 0 Å². The van der Waals surface area contributed by atoms with Crippen molar-refractivity contribution >= 4 is 0 Å². The average Bonchev–Trinajstić information content (AvgIpc) is 1.88. The Kier molecular flexibility index (Phi) is 21.1. The van der Waals surface area contributed by atoms with Gasteiger partial charge in [-0.05, 0) is 6.42 Å². The lowest BCUT2D eigenvalue weighted by atomic mass is 10.5. The highest BCUT2D eigenvalue weighted by Crippen LogP contribution is 1.61. The van der Waals surface area contributed by atoms with E-state index in [1.165, 1.54) is 6.08 Å². The van der Waals surface area contributed by atoms with Crippen molar-refractivity contribution in [1.82, 2.24) is 0 Å². The van der Waals surface area contributed by atoms with Crippen LogP contribution in [0.15, 0.2) is 12.7 Å². The molecule has 0 saturated carbocycles. The van der Waals surface area contributed by atoms with Crippen molar-refractivity contribution in [3.63, 3.8) is 0 Å². The Morgan fingerprint density at radius 1 is 1.50 bits per heavy atom. The van der Waals surface area contributed by atoms with Crippen LogP contribution < -0.4 is 0 Å². The van der Waals surface area contributed by atoms with Crippen molar-refractivity contribution in [3.05, 3.63) is 12.7 Å². The lowest BCUT2D eigenvalue weighted by Crippen LogP contribution is -1.69. The first-order valence-corrected chi connectivity index (χ1v) is 2.66. The number of rotatable bonds is 2. The summed E-state index contributed by atoms with van der Waals surface area (Å²) in [6.07, 6.45) is 2.31. The van der Waals surface area contributed by atoms with Gasteiger partial charge in [-0.25, -0.2) is 0 Å². The predicted molar refractivity (Wildman–Crippen MR) is 34.7 cm³/mol. The van der Waals surface area contributed by atoms with Gasteiger partial charge in [-0.3, -0.25) is 0 Å². The van der Waals surface area contributed by atoms with Gasteiger partial charge in [-0.1, -0.05) is 13.0 Å². The third-order valence-electron chi connectivity index (χ3n) is 0.353. The smallest absolute Gasteiger partial charge is 0.0609 e. The van der Waals surface area contributed by atoms with Crippen LogP contribution in [0.3, 0.4) is 0 Å². The fourth-order valence-corrected chi connectivity index (χ4v) is 0. The van der Waals surface area contributed by atoms with Gasteiger partial charge in [-0.15, -0.1) is 6.58 Å². The van der Waals surface area contributed by atoms with E-state index in [1.807, 2.05) is 6.92 Å². The van der Waals surface area contributed by atoms with Crippen molar-refractivity contribution in [1.29, 1.82) is 0 Å². The Balaban J connectivity index is 0. The maximum Gasteiger partial charge on any atom is 0.0609 e. The second-order valence-corrected chi connectivity index (χ2v) is 1.19. The maximum atomic E-state index is 7.88. The van der Waals surface area contributed by atoms with Gasteiger partial charge < -0.3 is 10.2 Å². The van der Waals surface area contributed by atoms with E-state index in [2.05, 4.69) is 6.58 Å². The van der Waals surface area contributed by atoms with Crippen LogP contribution in [0.1, 0.15) is 13.3 Å². The molecule has 8 heavy (non-hydrogen) atoms. The third kappa shape index (κ3) is 44.6. The maximum absolute atomic E-state index is 7.88. The largest absolute Gasteiger partial charge is 0.396 e. The van der Waals surface area contributed by atoms with Crippen molar-refractivity contribution < 1.29 is 10.2 Å². The van der Waals surface area contributed by atoms with Crippen LogP contribution in [-0.2, 0) is 0 Å². The van der Waals surface area contributed by atoms with Gasteiger partial charge in [0.1, 0.15) is 0 Å². The fraction of sp³-hybridized carbons (Fsp3) is 0.667. The molecule has 0 bridgehead atoms. The normalized spacial score (nSPS) is 6.88. The minimum Gasteiger partial charge on any atom is -0.396 e. The topological polar surface area (TPSA) is 40.5 Å².